The van der Waals surface area contributed by atoms with E-state index < -0.39 is 0 Å². The quantitative estimate of drug-likeness (QED) is 0.543. The van der Waals surface area contributed by atoms with Crippen molar-refractivity contribution in [2.24, 2.45) is 0 Å². The van der Waals surface area contributed by atoms with Crippen molar-refractivity contribution in [1.82, 2.24) is 10.2 Å². The Kier molecular flexibility index (Phi) is 6.18. The average Bonchev–Trinajstić information content (AvgIpc) is 3.22. The molecule has 0 amide bonds. The van der Waals surface area contributed by atoms with Crippen LogP contribution in [0.1, 0.15) is 35.1 Å². The van der Waals surface area contributed by atoms with Gasteiger partial charge >= 0.3 is 0 Å². The predicted molar refractivity (Wildman–Crippen MR) is 103 cm³/mol. The van der Waals surface area contributed by atoms with Gasteiger partial charge in [-0.15, -0.1) is 27.8 Å². The Morgan fingerprint density at radius 1 is 1.29 bits per heavy atom. The van der Waals surface area contributed by atoms with Gasteiger partial charge in [0.15, 0.2) is 0 Å². The van der Waals surface area contributed by atoms with Gasteiger partial charge in [0.1, 0.15) is 5.52 Å². The second-order valence-corrected chi connectivity index (χ2v) is 7.87. The second-order valence-electron chi connectivity index (χ2n) is 5.74. The summed E-state index contributed by atoms with van der Waals surface area (Å²) in [6.45, 7) is 6.80. The van der Waals surface area contributed by atoms with E-state index in [4.69, 9.17) is 4.74 Å². The van der Waals surface area contributed by atoms with Crippen LogP contribution in [0.2, 0.25) is 0 Å². The molecule has 0 aliphatic carbocycles. The lowest BCUT2D eigenvalue weighted by Crippen LogP contribution is -1.98. The molecule has 1 N–H and O–H groups in total. The summed E-state index contributed by atoms with van der Waals surface area (Å²) in [5, 5.41) is 14.1. The molecule has 0 aromatic carbocycles. The van der Waals surface area contributed by atoms with Crippen LogP contribution < -0.4 is 5.32 Å². The minimum atomic E-state index is 0.829. The van der Waals surface area contributed by atoms with Gasteiger partial charge in [-0.2, -0.15) is 5.10 Å². The van der Waals surface area contributed by atoms with Gasteiger partial charge < -0.3 is 10.1 Å². The van der Waals surface area contributed by atoms with E-state index in [2.05, 4.69) is 46.9 Å². The van der Waals surface area contributed by atoms with Gasteiger partial charge in [-0.05, 0) is 43.2 Å². The third-order valence-corrected chi connectivity index (χ3v) is 6.13. The van der Waals surface area contributed by atoms with Crippen molar-refractivity contribution in [2.75, 3.05) is 18.5 Å². The molecule has 3 aromatic rings. The third-order valence-electron chi connectivity index (χ3n) is 3.88. The van der Waals surface area contributed by atoms with Crippen molar-refractivity contribution in [3.8, 4) is 0 Å². The number of fused-ring (bicyclic) bond motifs is 1. The van der Waals surface area contributed by atoms with Crippen LogP contribution >= 0.6 is 22.7 Å². The summed E-state index contributed by atoms with van der Waals surface area (Å²) in [4.78, 5) is 2.71. The van der Waals surface area contributed by atoms with Crippen LogP contribution in [-0.2, 0) is 17.7 Å². The standard InChI is InChI=1S/C18H23N3OS2/c1-3-8-22-9-4-7-16-13(2)17-18(24-16)15(12-20-21-17)19-11-14-6-5-10-23-14/h5-6,10,12H,3-4,7-9,11H2,1-2H3,(H,19,21). The largest absolute Gasteiger partial charge is 0.381 e. The van der Waals surface area contributed by atoms with E-state index in [9.17, 15) is 0 Å². The average molecular weight is 362 g/mol. The highest BCUT2D eigenvalue weighted by atomic mass is 32.1. The Hall–Kier alpha value is -1.50. The van der Waals surface area contributed by atoms with Crippen molar-refractivity contribution >= 4 is 38.6 Å². The first kappa shape index (κ1) is 17.3. The fourth-order valence-electron chi connectivity index (χ4n) is 2.60. The summed E-state index contributed by atoms with van der Waals surface area (Å²) in [7, 11) is 0. The maximum absolute atomic E-state index is 5.59. The highest BCUT2D eigenvalue weighted by Gasteiger charge is 2.13. The maximum Gasteiger partial charge on any atom is 0.109 e. The Morgan fingerprint density at radius 3 is 3.00 bits per heavy atom. The first-order valence-electron chi connectivity index (χ1n) is 8.37. The van der Waals surface area contributed by atoms with Gasteiger partial charge in [0.25, 0.3) is 0 Å². The van der Waals surface area contributed by atoms with Crippen molar-refractivity contribution < 1.29 is 4.74 Å². The highest BCUT2D eigenvalue weighted by Crippen LogP contribution is 2.34. The lowest BCUT2D eigenvalue weighted by Gasteiger charge is -2.04. The van der Waals surface area contributed by atoms with E-state index in [0.29, 0.717) is 0 Å². The Bertz CT molecular complexity index is 768. The topological polar surface area (TPSA) is 47.0 Å². The molecule has 128 valence electrons. The molecular weight excluding hydrogens is 338 g/mol. The molecule has 24 heavy (non-hydrogen) atoms. The summed E-state index contributed by atoms with van der Waals surface area (Å²) in [6.07, 6.45) is 5.01. The number of hydrogen-bond acceptors (Lipinski definition) is 6. The number of nitrogens with zero attached hydrogens (tertiary/aromatic N) is 2. The summed E-state index contributed by atoms with van der Waals surface area (Å²) >= 11 is 3.60. The number of aryl methyl sites for hydroxylation is 2. The van der Waals surface area contributed by atoms with Gasteiger partial charge in [-0.25, -0.2) is 0 Å². The van der Waals surface area contributed by atoms with Crippen molar-refractivity contribution in [2.45, 2.75) is 39.7 Å². The molecule has 6 heteroatoms. The monoisotopic (exact) mass is 361 g/mol. The number of thiophene rings is 2. The fraction of sp³-hybridized carbons (Fsp3) is 0.444. The molecule has 0 saturated carbocycles. The second kappa shape index (κ2) is 8.55. The Morgan fingerprint density at radius 2 is 2.21 bits per heavy atom. The Labute approximate surface area is 150 Å². The van der Waals surface area contributed by atoms with Crippen LogP contribution in [0.15, 0.2) is 23.7 Å². The maximum atomic E-state index is 5.59. The van der Waals surface area contributed by atoms with Crippen molar-refractivity contribution in [1.29, 1.82) is 0 Å². The van der Waals surface area contributed by atoms with E-state index in [0.717, 1.165) is 50.2 Å². The SMILES string of the molecule is CCCOCCCc1sc2c(NCc3cccs3)cnnc2c1C. The third kappa shape index (κ3) is 4.12. The molecule has 4 nitrogen and oxygen atoms in total. The van der Waals surface area contributed by atoms with Gasteiger partial charge in [0, 0.05) is 29.5 Å². The molecule has 0 bridgehead atoms. The molecule has 0 radical (unpaired) electrons. The summed E-state index contributed by atoms with van der Waals surface area (Å²) in [6, 6.07) is 4.22. The van der Waals surface area contributed by atoms with Crippen LogP contribution in [0.5, 0.6) is 0 Å². The number of rotatable bonds is 9. The van der Waals surface area contributed by atoms with Crippen molar-refractivity contribution in [3.63, 3.8) is 0 Å². The number of aromatic nitrogens is 2. The molecule has 3 rings (SSSR count). The number of nitrogens with one attached hydrogen (secondary N) is 1. The molecule has 0 saturated heterocycles. The summed E-state index contributed by atoms with van der Waals surface area (Å²) in [5.74, 6) is 0. The summed E-state index contributed by atoms with van der Waals surface area (Å²) < 4.78 is 6.80. The molecule has 0 aliphatic rings. The van der Waals surface area contributed by atoms with Gasteiger partial charge in [-0.3, -0.25) is 0 Å². The van der Waals surface area contributed by atoms with Crippen LogP contribution in [0.25, 0.3) is 10.2 Å². The predicted octanol–water partition coefficient (Wildman–Crippen LogP) is 5.03. The molecule has 0 fully saturated rings. The smallest absolute Gasteiger partial charge is 0.109 e. The van der Waals surface area contributed by atoms with Crippen LogP contribution in [0.4, 0.5) is 5.69 Å². The molecule has 0 spiro atoms. The summed E-state index contributed by atoms with van der Waals surface area (Å²) in [5.41, 5.74) is 3.37. The van der Waals surface area contributed by atoms with Gasteiger partial charge in [-0.1, -0.05) is 13.0 Å². The minimum Gasteiger partial charge on any atom is -0.381 e. The molecule has 3 aromatic heterocycles. The van der Waals surface area contributed by atoms with E-state index in [-0.39, 0.29) is 0 Å². The number of anilines is 1. The molecule has 3 heterocycles. The zero-order valence-electron chi connectivity index (χ0n) is 14.2. The Balaban J connectivity index is 1.70. The number of hydrogen-bond donors (Lipinski definition) is 1. The lowest BCUT2D eigenvalue weighted by atomic mass is 10.2. The zero-order valence-corrected chi connectivity index (χ0v) is 15.8. The fourth-order valence-corrected chi connectivity index (χ4v) is 4.51. The van der Waals surface area contributed by atoms with E-state index in [1.807, 2.05) is 17.5 Å². The van der Waals surface area contributed by atoms with Crippen LogP contribution in [0, 0.1) is 6.92 Å². The van der Waals surface area contributed by atoms with Crippen LogP contribution in [-0.4, -0.2) is 23.4 Å². The van der Waals surface area contributed by atoms with E-state index in [1.165, 1.54) is 20.0 Å². The normalized spacial score (nSPS) is 11.2. The van der Waals surface area contributed by atoms with Crippen LogP contribution in [0.3, 0.4) is 0 Å². The molecule has 0 aliphatic heterocycles. The molecule has 0 atom stereocenters. The number of ether oxygens (including phenoxy) is 1. The van der Waals surface area contributed by atoms with Gasteiger partial charge in [0.2, 0.25) is 0 Å². The molecule has 0 unspecified atom stereocenters. The first-order chi connectivity index (χ1) is 11.8. The first-order valence-corrected chi connectivity index (χ1v) is 10.1. The van der Waals surface area contributed by atoms with E-state index >= 15 is 0 Å². The lowest BCUT2D eigenvalue weighted by molar-refractivity contribution is 0.132. The van der Waals surface area contributed by atoms with Gasteiger partial charge in [0.05, 0.1) is 16.6 Å². The zero-order chi connectivity index (χ0) is 16.8. The molecular formula is C18H23N3OS2. The highest BCUT2D eigenvalue weighted by molar-refractivity contribution is 7.19. The minimum absolute atomic E-state index is 0.829. The van der Waals surface area contributed by atoms with Crippen molar-refractivity contribution in [3.05, 3.63) is 39.0 Å². The van der Waals surface area contributed by atoms with E-state index in [1.54, 1.807) is 11.3 Å².